The van der Waals surface area contributed by atoms with Crippen molar-refractivity contribution in [2.75, 3.05) is 0 Å². The van der Waals surface area contributed by atoms with Crippen LogP contribution in [-0.4, -0.2) is 5.91 Å². The summed E-state index contributed by atoms with van der Waals surface area (Å²) in [6.45, 7) is 0. The van der Waals surface area contributed by atoms with Crippen molar-refractivity contribution in [1.29, 1.82) is 0 Å². The second-order valence-electron chi connectivity index (χ2n) is 2.52. The van der Waals surface area contributed by atoms with Gasteiger partial charge in [-0.2, -0.15) is 0 Å². The molecule has 0 fully saturated rings. The molecular formula is C9H6Br2FNO. The highest BCUT2D eigenvalue weighted by Gasteiger charge is 2.04. The van der Waals surface area contributed by atoms with Crippen LogP contribution in [0.15, 0.2) is 27.2 Å². The summed E-state index contributed by atoms with van der Waals surface area (Å²) >= 11 is 6.35. The van der Waals surface area contributed by atoms with Gasteiger partial charge in [0, 0.05) is 20.6 Å². The number of carbonyl (C=O) groups excluding carboxylic acids is 1. The number of hydrogen-bond acceptors (Lipinski definition) is 1. The van der Waals surface area contributed by atoms with E-state index in [0.717, 1.165) is 0 Å². The fraction of sp³-hybridized carbons (Fsp3) is 0. The van der Waals surface area contributed by atoms with Gasteiger partial charge in [-0.3, -0.25) is 4.79 Å². The average Bonchev–Trinajstić information content (AvgIpc) is 2.01. The zero-order valence-corrected chi connectivity index (χ0v) is 10.1. The molecule has 1 aromatic rings. The summed E-state index contributed by atoms with van der Waals surface area (Å²) in [4.78, 5) is 10.5. The number of benzene rings is 1. The maximum atomic E-state index is 12.8. The fourth-order valence-corrected chi connectivity index (χ4v) is 2.27. The molecule has 0 spiro atoms. The number of nitrogens with two attached hydrogens (primary N) is 1. The SMILES string of the molecule is NC(=O)C=Cc1c(Br)cc(F)cc1Br. The lowest BCUT2D eigenvalue weighted by atomic mass is 10.2. The third kappa shape index (κ3) is 2.92. The molecule has 0 saturated heterocycles. The Labute approximate surface area is 97.2 Å². The molecule has 0 aliphatic rings. The van der Waals surface area contributed by atoms with Crippen LogP contribution in [0.1, 0.15) is 5.56 Å². The van der Waals surface area contributed by atoms with E-state index in [0.29, 0.717) is 14.5 Å². The number of amides is 1. The first kappa shape index (κ1) is 11.4. The number of hydrogen-bond donors (Lipinski definition) is 1. The third-order valence-electron chi connectivity index (χ3n) is 1.46. The molecule has 2 nitrogen and oxygen atoms in total. The molecule has 0 aromatic heterocycles. The highest BCUT2D eigenvalue weighted by atomic mass is 79.9. The molecule has 1 aromatic carbocycles. The molecule has 0 bridgehead atoms. The van der Waals surface area contributed by atoms with E-state index in [4.69, 9.17) is 5.73 Å². The molecule has 0 saturated carbocycles. The lowest BCUT2D eigenvalue weighted by Gasteiger charge is -2.01. The summed E-state index contributed by atoms with van der Waals surface area (Å²) in [5, 5.41) is 0. The standard InChI is InChI=1S/C9H6Br2FNO/c10-7-3-5(12)4-8(11)6(7)1-2-9(13)14/h1-4H,(H2,13,14). The monoisotopic (exact) mass is 321 g/mol. The Balaban J connectivity index is 3.15. The van der Waals surface area contributed by atoms with E-state index in [1.807, 2.05) is 0 Å². The predicted octanol–water partition coefficient (Wildman–Crippen LogP) is 2.85. The summed E-state index contributed by atoms with van der Waals surface area (Å²) in [6.07, 6.45) is 2.72. The lowest BCUT2D eigenvalue weighted by Crippen LogP contribution is -2.05. The number of carbonyl (C=O) groups is 1. The first-order chi connectivity index (χ1) is 6.50. The molecule has 74 valence electrons. The largest absolute Gasteiger partial charge is 0.366 e. The van der Waals surface area contributed by atoms with E-state index >= 15 is 0 Å². The van der Waals surface area contributed by atoms with Crippen LogP contribution in [0.4, 0.5) is 4.39 Å². The van der Waals surface area contributed by atoms with Gasteiger partial charge in [0.1, 0.15) is 5.82 Å². The summed E-state index contributed by atoms with van der Waals surface area (Å²) < 4.78 is 13.9. The van der Waals surface area contributed by atoms with Crippen LogP contribution in [0.2, 0.25) is 0 Å². The quantitative estimate of drug-likeness (QED) is 0.836. The zero-order chi connectivity index (χ0) is 10.7. The van der Waals surface area contributed by atoms with Crippen LogP contribution >= 0.6 is 31.9 Å². The maximum Gasteiger partial charge on any atom is 0.241 e. The van der Waals surface area contributed by atoms with Crippen molar-refractivity contribution in [1.82, 2.24) is 0 Å². The topological polar surface area (TPSA) is 43.1 Å². The minimum atomic E-state index is -0.548. The van der Waals surface area contributed by atoms with Crippen molar-refractivity contribution in [3.05, 3.63) is 38.5 Å². The van der Waals surface area contributed by atoms with E-state index < -0.39 is 5.91 Å². The van der Waals surface area contributed by atoms with Crippen molar-refractivity contribution in [2.45, 2.75) is 0 Å². The van der Waals surface area contributed by atoms with Gasteiger partial charge in [-0.05, 0) is 18.2 Å². The van der Waals surface area contributed by atoms with E-state index in [9.17, 15) is 9.18 Å². The van der Waals surface area contributed by atoms with Crippen LogP contribution in [0.3, 0.4) is 0 Å². The van der Waals surface area contributed by atoms with Crippen LogP contribution in [0, 0.1) is 5.82 Å². The second-order valence-corrected chi connectivity index (χ2v) is 4.23. The Kier molecular flexibility index (Phi) is 3.83. The highest BCUT2D eigenvalue weighted by Crippen LogP contribution is 2.27. The Hall–Kier alpha value is -0.680. The minimum Gasteiger partial charge on any atom is -0.366 e. The van der Waals surface area contributed by atoms with Crippen molar-refractivity contribution >= 4 is 43.8 Å². The second kappa shape index (κ2) is 4.70. The lowest BCUT2D eigenvalue weighted by molar-refractivity contribution is -0.113. The molecule has 0 heterocycles. The van der Waals surface area contributed by atoms with E-state index in [1.165, 1.54) is 24.3 Å². The Morgan fingerprint density at radius 2 is 1.86 bits per heavy atom. The molecule has 5 heteroatoms. The van der Waals surface area contributed by atoms with Gasteiger partial charge in [0.25, 0.3) is 0 Å². The Bertz CT molecular complexity index is 381. The molecule has 0 aliphatic heterocycles. The van der Waals surface area contributed by atoms with Gasteiger partial charge in [0.05, 0.1) is 0 Å². The van der Waals surface area contributed by atoms with Crippen molar-refractivity contribution in [3.63, 3.8) is 0 Å². The Morgan fingerprint density at radius 1 is 1.36 bits per heavy atom. The van der Waals surface area contributed by atoms with Crippen LogP contribution in [-0.2, 0) is 4.79 Å². The maximum absolute atomic E-state index is 12.8. The van der Waals surface area contributed by atoms with Crippen LogP contribution in [0.5, 0.6) is 0 Å². The predicted molar refractivity (Wildman–Crippen MR) is 60.0 cm³/mol. The molecular weight excluding hydrogens is 317 g/mol. The number of halogens is 3. The first-order valence-electron chi connectivity index (χ1n) is 3.63. The zero-order valence-electron chi connectivity index (χ0n) is 6.93. The summed E-state index contributed by atoms with van der Waals surface area (Å²) in [5.74, 6) is -0.909. The molecule has 14 heavy (non-hydrogen) atoms. The molecule has 0 atom stereocenters. The van der Waals surface area contributed by atoms with Gasteiger partial charge in [-0.25, -0.2) is 4.39 Å². The smallest absolute Gasteiger partial charge is 0.241 e. The third-order valence-corrected chi connectivity index (χ3v) is 2.77. The molecule has 1 rings (SSSR count). The van der Waals surface area contributed by atoms with Gasteiger partial charge in [-0.15, -0.1) is 0 Å². The molecule has 2 N–H and O–H groups in total. The van der Waals surface area contributed by atoms with Crippen LogP contribution in [0.25, 0.3) is 6.08 Å². The summed E-state index contributed by atoms with van der Waals surface area (Å²) in [7, 11) is 0. The molecule has 0 aliphatic carbocycles. The molecule has 0 unspecified atom stereocenters. The van der Waals surface area contributed by atoms with Crippen molar-refractivity contribution in [3.8, 4) is 0 Å². The Morgan fingerprint density at radius 3 is 2.29 bits per heavy atom. The number of rotatable bonds is 2. The van der Waals surface area contributed by atoms with Gasteiger partial charge in [0.15, 0.2) is 0 Å². The van der Waals surface area contributed by atoms with E-state index in [-0.39, 0.29) is 5.82 Å². The molecule has 1 amide bonds. The van der Waals surface area contributed by atoms with Gasteiger partial charge in [0.2, 0.25) is 5.91 Å². The normalized spacial score (nSPS) is 10.8. The van der Waals surface area contributed by atoms with E-state index in [1.54, 1.807) is 0 Å². The number of primary amides is 1. The first-order valence-corrected chi connectivity index (χ1v) is 5.21. The summed E-state index contributed by atoms with van der Waals surface area (Å²) in [6, 6.07) is 2.62. The highest BCUT2D eigenvalue weighted by molar-refractivity contribution is 9.11. The van der Waals surface area contributed by atoms with Gasteiger partial charge < -0.3 is 5.73 Å². The van der Waals surface area contributed by atoms with E-state index in [2.05, 4.69) is 31.9 Å². The van der Waals surface area contributed by atoms with Crippen molar-refractivity contribution in [2.24, 2.45) is 5.73 Å². The van der Waals surface area contributed by atoms with Crippen molar-refractivity contribution < 1.29 is 9.18 Å². The van der Waals surface area contributed by atoms with Crippen LogP contribution < -0.4 is 5.73 Å². The molecule has 0 radical (unpaired) electrons. The fourth-order valence-electron chi connectivity index (χ4n) is 0.878. The average molecular weight is 323 g/mol. The van der Waals surface area contributed by atoms with Gasteiger partial charge in [-0.1, -0.05) is 31.9 Å². The summed E-state index contributed by atoms with van der Waals surface area (Å²) in [5.41, 5.74) is 5.61. The minimum absolute atomic E-state index is 0.361. The van der Waals surface area contributed by atoms with Gasteiger partial charge >= 0.3 is 0 Å².